The van der Waals surface area contributed by atoms with Crippen molar-refractivity contribution in [1.29, 1.82) is 0 Å². The number of fused-ring (bicyclic) bond motifs is 1. The first-order chi connectivity index (χ1) is 16.3. The second kappa shape index (κ2) is 10.1. The van der Waals surface area contributed by atoms with Crippen molar-refractivity contribution in [3.05, 3.63) is 48.0 Å². The van der Waals surface area contributed by atoms with E-state index in [-0.39, 0.29) is 22.8 Å². The first-order valence-electron chi connectivity index (χ1n) is 11.6. The number of carbonyl (C=O) groups is 1. The normalized spacial score (nSPS) is 16.4. The van der Waals surface area contributed by atoms with Gasteiger partial charge in [0.15, 0.2) is 0 Å². The molecule has 1 saturated heterocycles. The summed E-state index contributed by atoms with van der Waals surface area (Å²) in [7, 11) is -2.06. The minimum atomic E-state index is -3.67. The van der Waals surface area contributed by atoms with Gasteiger partial charge in [-0.3, -0.25) is 4.79 Å². The zero-order valence-electron chi connectivity index (χ0n) is 19.8. The van der Waals surface area contributed by atoms with Crippen molar-refractivity contribution in [2.45, 2.75) is 50.6 Å². The van der Waals surface area contributed by atoms with E-state index in [0.29, 0.717) is 38.0 Å². The molecule has 9 nitrogen and oxygen atoms in total. The molecule has 10 heteroatoms. The molecule has 1 fully saturated rings. The fraction of sp³-hybridized carbons (Fsp3) is 0.458. The predicted molar refractivity (Wildman–Crippen MR) is 129 cm³/mol. The molecule has 34 heavy (non-hydrogen) atoms. The number of nitrogens with one attached hydrogen (secondary N) is 1. The summed E-state index contributed by atoms with van der Waals surface area (Å²) in [5.41, 5.74) is 2.37. The van der Waals surface area contributed by atoms with Crippen molar-refractivity contribution in [1.82, 2.24) is 24.6 Å². The molecule has 1 N–H and O–H groups in total. The van der Waals surface area contributed by atoms with E-state index < -0.39 is 10.0 Å². The van der Waals surface area contributed by atoms with Gasteiger partial charge in [-0.25, -0.2) is 13.1 Å². The topological polar surface area (TPSA) is 106 Å². The van der Waals surface area contributed by atoms with E-state index >= 15 is 0 Å². The maximum Gasteiger partial charge on any atom is 0.243 e. The molecule has 2 aromatic carbocycles. The van der Waals surface area contributed by atoms with Gasteiger partial charge in [0.25, 0.3) is 0 Å². The number of benzene rings is 2. The number of sulfonamides is 1. The summed E-state index contributed by atoms with van der Waals surface area (Å²) in [6.45, 7) is 5.16. The Morgan fingerprint density at radius 1 is 1.18 bits per heavy atom. The minimum absolute atomic E-state index is 0.0454. The second-order valence-electron chi connectivity index (χ2n) is 8.69. The van der Waals surface area contributed by atoms with E-state index in [1.165, 1.54) is 4.31 Å². The van der Waals surface area contributed by atoms with Crippen LogP contribution in [0.25, 0.3) is 11.0 Å². The van der Waals surface area contributed by atoms with Crippen molar-refractivity contribution in [2.75, 3.05) is 20.2 Å². The van der Waals surface area contributed by atoms with Crippen LogP contribution >= 0.6 is 0 Å². The lowest BCUT2D eigenvalue weighted by atomic mass is 9.97. The molecule has 1 aliphatic rings. The number of hydrogen-bond donors (Lipinski definition) is 1. The van der Waals surface area contributed by atoms with Crippen molar-refractivity contribution < 1.29 is 17.9 Å². The Morgan fingerprint density at radius 2 is 1.88 bits per heavy atom. The molecule has 3 aromatic rings. The van der Waals surface area contributed by atoms with Crippen molar-refractivity contribution in [3.8, 4) is 5.75 Å². The molecule has 0 radical (unpaired) electrons. The van der Waals surface area contributed by atoms with E-state index in [1.807, 2.05) is 28.9 Å². The quantitative estimate of drug-likeness (QED) is 0.525. The highest BCUT2D eigenvalue weighted by atomic mass is 32.2. The summed E-state index contributed by atoms with van der Waals surface area (Å²) in [6.07, 6.45) is 1.88. The number of rotatable bonds is 8. The first kappa shape index (κ1) is 24.2. The van der Waals surface area contributed by atoms with Crippen LogP contribution in [-0.2, 0) is 21.4 Å². The predicted octanol–water partition coefficient (Wildman–Crippen LogP) is 3.13. The van der Waals surface area contributed by atoms with E-state index in [4.69, 9.17) is 4.74 Å². The Balaban J connectivity index is 1.36. The van der Waals surface area contributed by atoms with Crippen LogP contribution in [0.1, 0.15) is 44.7 Å². The number of carbonyl (C=O) groups excluding carboxylic acids is 1. The van der Waals surface area contributed by atoms with E-state index in [0.717, 1.165) is 23.3 Å². The van der Waals surface area contributed by atoms with E-state index in [1.54, 1.807) is 25.3 Å². The Kier molecular flexibility index (Phi) is 7.18. The first-order valence-corrected chi connectivity index (χ1v) is 13.0. The highest BCUT2D eigenvalue weighted by molar-refractivity contribution is 7.89. The molecule has 1 atom stereocenters. The summed E-state index contributed by atoms with van der Waals surface area (Å²) in [5.74, 6) is 0.515. The molecule has 0 unspecified atom stereocenters. The molecule has 182 valence electrons. The van der Waals surface area contributed by atoms with Crippen LogP contribution in [0.3, 0.4) is 0 Å². The zero-order valence-corrected chi connectivity index (χ0v) is 20.6. The SMILES string of the molecule is CC[C@H](C)n1nnc2cc(S(=O)(=O)N3CCC(C(=O)NCc4ccc(OC)cc4)CC3)ccc21. The smallest absolute Gasteiger partial charge is 0.243 e. The number of hydrogen-bond acceptors (Lipinski definition) is 6. The Hall–Kier alpha value is -2.98. The standard InChI is InChI=1S/C24H31N5O4S/c1-4-17(2)29-23-10-9-21(15-22(23)26-27-29)34(31,32)28-13-11-19(12-14-28)24(30)25-16-18-5-7-20(33-3)8-6-18/h5-10,15,17,19H,4,11-14,16H2,1-3H3,(H,25,30)/t17-/m0/s1. The maximum atomic E-state index is 13.2. The average molecular weight is 486 g/mol. The van der Waals surface area contributed by atoms with Crippen LogP contribution in [0.15, 0.2) is 47.4 Å². The number of aromatic nitrogens is 3. The lowest BCUT2D eigenvalue weighted by Gasteiger charge is -2.30. The van der Waals surface area contributed by atoms with Crippen molar-refractivity contribution in [2.24, 2.45) is 5.92 Å². The molecule has 1 aliphatic heterocycles. The highest BCUT2D eigenvalue weighted by Gasteiger charge is 2.32. The molecule has 4 rings (SSSR count). The number of ether oxygens (including phenoxy) is 1. The Bertz CT molecular complexity index is 1250. The van der Waals surface area contributed by atoms with Gasteiger partial charge in [-0.2, -0.15) is 4.31 Å². The maximum absolute atomic E-state index is 13.2. The van der Waals surface area contributed by atoms with Crippen molar-refractivity contribution >= 4 is 27.0 Å². The summed E-state index contributed by atoms with van der Waals surface area (Å²) in [5, 5.41) is 11.3. The van der Waals surface area contributed by atoms with Gasteiger partial charge in [0.05, 0.1) is 23.6 Å². The number of methoxy groups -OCH3 is 1. The van der Waals surface area contributed by atoms with Gasteiger partial charge in [-0.05, 0) is 62.1 Å². The van der Waals surface area contributed by atoms with Crippen LogP contribution in [0.5, 0.6) is 5.75 Å². The summed E-state index contributed by atoms with van der Waals surface area (Å²) in [6, 6.07) is 12.7. The fourth-order valence-electron chi connectivity index (χ4n) is 4.16. The molecular weight excluding hydrogens is 454 g/mol. The van der Waals surface area contributed by atoms with Gasteiger partial charge < -0.3 is 10.1 Å². The molecule has 0 saturated carbocycles. The van der Waals surface area contributed by atoms with Gasteiger partial charge in [0.2, 0.25) is 15.9 Å². The molecule has 0 spiro atoms. The number of amides is 1. The molecule has 1 aromatic heterocycles. The molecular formula is C24H31N5O4S. The molecule has 0 bridgehead atoms. The van der Waals surface area contributed by atoms with Crippen LogP contribution in [0.4, 0.5) is 0 Å². The number of nitrogens with zero attached hydrogens (tertiary/aromatic N) is 4. The van der Waals surface area contributed by atoms with Gasteiger partial charge in [-0.15, -0.1) is 5.10 Å². The van der Waals surface area contributed by atoms with Gasteiger partial charge >= 0.3 is 0 Å². The monoisotopic (exact) mass is 485 g/mol. The van der Waals surface area contributed by atoms with Crippen LogP contribution < -0.4 is 10.1 Å². The third-order valence-corrected chi connectivity index (χ3v) is 8.43. The Labute approximate surface area is 200 Å². The van der Waals surface area contributed by atoms with Gasteiger partial charge in [0, 0.05) is 25.6 Å². The summed E-state index contributed by atoms with van der Waals surface area (Å²) < 4.78 is 34.9. The molecule has 1 amide bonds. The van der Waals surface area contributed by atoms with Gasteiger partial charge in [0.1, 0.15) is 11.3 Å². The summed E-state index contributed by atoms with van der Waals surface area (Å²) in [4.78, 5) is 12.8. The van der Waals surface area contributed by atoms with E-state index in [9.17, 15) is 13.2 Å². The fourth-order valence-corrected chi connectivity index (χ4v) is 5.66. The number of piperidine rings is 1. The van der Waals surface area contributed by atoms with Crippen LogP contribution in [0, 0.1) is 5.92 Å². The van der Waals surface area contributed by atoms with Crippen LogP contribution in [-0.4, -0.2) is 53.8 Å². The zero-order chi connectivity index (χ0) is 24.3. The molecule has 2 heterocycles. The van der Waals surface area contributed by atoms with E-state index in [2.05, 4.69) is 29.5 Å². The lowest BCUT2D eigenvalue weighted by Crippen LogP contribution is -2.42. The lowest BCUT2D eigenvalue weighted by molar-refractivity contribution is -0.126. The van der Waals surface area contributed by atoms with Crippen LogP contribution in [0.2, 0.25) is 0 Å². The third-order valence-electron chi connectivity index (χ3n) is 6.54. The highest BCUT2D eigenvalue weighted by Crippen LogP contribution is 2.27. The van der Waals surface area contributed by atoms with Crippen molar-refractivity contribution in [3.63, 3.8) is 0 Å². The van der Waals surface area contributed by atoms with Gasteiger partial charge in [-0.1, -0.05) is 24.3 Å². The minimum Gasteiger partial charge on any atom is -0.497 e. The second-order valence-corrected chi connectivity index (χ2v) is 10.6. The summed E-state index contributed by atoms with van der Waals surface area (Å²) >= 11 is 0. The third kappa shape index (κ3) is 4.92. The Morgan fingerprint density at radius 3 is 2.53 bits per heavy atom. The average Bonchev–Trinajstić information content (AvgIpc) is 3.30. The molecule has 0 aliphatic carbocycles. The largest absolute Gasteiger partial charge is 0.497 e.